The number of carboxylic acid groups (broad SMARTS) is 1. The van der Waals surface area contributed by atoms with Gasteiger partial charge in [-0.3, -0.25) is 4.79 Å². The molecular formula is C18H32O3. The van der Waals surface area contributed by atoms with Crippen LogP contribution in [-0.4, -0.2) is 16.2 Å². The van der Waals surface area contributed by atoms with Gasteiger partial charge < -0.3 is 10.2 Å². The van der Waals surface area contributed by atoms with E-state index in [0.29, 0.717) is 18.6 Å². The molecule has 0 saturated carbocycles. The highest BCUT2D eigenvalue weighted by Crippen LogP contribution is 2.09. The molecule has 3 nitrogen and oxygen atoms in total. The second kappa shape index (κ2) is 15.1. The van der Waals surface area contributed by atoms with Crippen LogP contribution in [0.4, 0.5) is 0 Å². The van der Waals surface area contributed by atoms with E-state index in [1.54, 1.807) is 0 Å². The summed E-state index contributed by atoms with van der Waals surface area (Å²) in [6, 6.07) is 0. The fraction of sp³-hybridized carbons (Fsp3) is 0.722. The van der Waals surface area contributed by atoms with Crippen LogP contribution in [0.3, 0.4) is 0 Å². The molecule has 0 aliphatic heterocycles. The van der Waals surface area contributed by atoms with Gasteiger partial charge >= 0.3 is 5.97 Å². The molecule has 0 atom stereocenters. The summed E-state index contributed by atoms with van der Waals surface area (Å²) in [5.41, 5.74) is 0. The first-order valence-electron chi connectivity index (χ1n) is 8.41. The SMILES string of the molecule is CCCCC/C=C(/O)C/C=C\CCCCCCCC(=O)O. The van der Waals surface area contributed by atoms with Crippen molar-refractivity contribution in [2.75, 3.05) is 0 Å². The maximum Gasteiger partial charge on any atom is 0.303 e. The first-order valence-corrected chi connectivity index (χ1v) is 8.41. The molecule has 0 aromatic carbocycles. The van der Waals surface area contributed by atoms with Crippen LogP contribution in [0.25, 0.3) is 0 Å². The van der Waals surface area contributed by atoms with Crippen LogP contribution in [0.2, 0.25) is 0 Å². The summed E-state index contributed by atoms with van der Waals surface area (Å²) in [6.45, 7) is 2.18. The normalized spacial score (nSPS) is 12.1. The van der Waals surface area contributed by atoms with Crippen molar-refractivity contribution in [3.8, 4) is 0 Å². The summed E-state index contributed by atoms with van der Waals surface area (Å²) in [5, 5.41) is 18.2. The number of aliphatic hydroxyl groups is 1. The van der Waals surface area contributed by atoms with Gasteiger partial charge in [0.15, 0.2) is 0 Å². The van der Waals surface area contributed by atoms with Crippen molar-refractivity contribution in [2.45, 2.75) is 84.0 Å². The molecular weight excluding hydrogens is 264 g/mol. The Morgan fingerprint density at radius 1 is 0.857 bits per heavy atom. The predicted octanol–water partition coefficient (Wildman–Crippen LogP) is 5.77. The number of carboxylic acids is 1. The molecule has 2 N–H and O–H groups in total. The standard InChI is InChI=1S/C18H32O3/c1-2-3-4-11-14-17(19)15-12-9-7-5-6-8-10-13-16-18(20)21/h9,12,14,19H,2-8,10-11,13,15-16H2,1H3,(H,20,21)/b12-9-,17-14+. The fourth-order valence-corrected chi connectivity index (χ4v) is 2.14. The molecule has 0 aromatic heterocycles. The number of aliphatic carboxylic acids is 1. The minimum Gasteiger partial charge on any atom is -0.512 e. The lowest BCUT2D eigenvalue weighted by Crippen LogP contribution is -1.93. The van der Waals surface area contributed by atoms with Gasteiger partial charge in [0.05, 0.1) is 5.76 Å². The van der Waals surface area contributed by atoms with Gasteiger partial charge in [-0.25, -0.2) is 0 Å². The van der Waals surface area contributed by atoms with Crippen LogP contribution in [0.1, 0.15) is 84.0 Å². The molecule has 3 heteroatoms. The van der Waals surface area contributed by atoms with Crippen LogP contribution in [0.5, 0.6) is 0 Å². The van der Waals surface area contributed by atoms with E-state index in [2.05, 4.69) is 13.0 Å². The highest BCUT2D eigenvalue weighted by atomic mass is 16.4. The molecule has 0 rings (SSSR count). The van der Waals surface area contributed by atoms with Gasteiger partial charge in [0, 0.05) is 12.8 Å². The van der Waals surface area contributed by atoms with Crippen LogP contribution in [-0.2, 0) is 4.79 Å². The lowest BCUT2D eigenvalue weighted by Gasteiger charge is -1.98. The number of carbonyl (C=O) groups is 1. The highest BCUT2D eigenvalue weighted by Gasteiger charge is 1.96. The Hall–Kier alpha value is -1.25. The Labute approximate surface area is 129 Å². The number of rotatable bonds is 14. The zero-order valence-electron chi connectivity index (χ0n) is 13.5. The van der Waals surface area contributed by atoms with Crippen molar-refractivity contribution >= 4 is 5.97 Å². The monoisotopic (exact) mass is 296 g/mol. The van der Waals surface area contributed by atoms with E-state index in [-0.39, 0.29) is 0 Å². The molecule has 0 aliphatic rings. The maximum absolute atomic E-state index is 10.3. The third-order valence-electron chi connectivity index (χ3n) is 3.44. The van der Waals surface area contributed by atoms with Gasteiger partial charge in [-0.2, -0.15) is 0 Å². The summed E-state index contributed by atoms with van der Waals surface area (Å²) in [5.74, 6) is -0.212. The second-order valence-corrected chi connectivity index (χ2v) is 5.57. The van der Waals surface area contributed by atoms with Gasteiger partial charge in [-0.05, 0) is 38.2 Å². The molecule has 0 aromatic rings. The zero-order valence-corrected chi connectivity index (χ0v) is 13.5. The number of aliphatic hydroxyl groups excluding tert-OH is 1. The minimum atomic E-state index is -0.694. The van der Waals surface area contributed by atoms with E-state index in [1.807, 2.05) is 12.2 Å². The largest absolute Gasteiger partial charge is 0.512 e. The predicted molar refractivity (Wildman–Crippen MR) is 88.6 cm³/mol. The second-order valence-electron chi connectivity index (χ2n) is 5.57. The van der Waals surface area contributed by atoms with Gasteiger partial charge in [-0.15, -0.1) is 0 Å². The van der Waals surface area contributed by atoms with Gasteiger partial charge in [0.2, 0.25) is 0 Å². The highest BCUT2D eigenvalue weighted by molar-refractivity contribution is 5.66. The van der Waals surface area contributed by atoms with Crippen molar-refractivity contribution in [1.82, 2.24) is 0 Å². The Morgan fingerprint density at radius 2 is 1.52 bits per heavy atom. The molecule has 0 heterocycles. The molecule has 0 saturated heterocycles. The average Bonchev–Trinajstić information content (AvgIpc) is 2.45. The van der Waals surface area contributed by atoms with E-state index in [4.69, 9.17) is 5.11 Å². The minimum absolute atomic E-state index is 0.295. The van der Waals surface area contributed by atoms with Gasteiger partial charge in [0.1, 0.15) is 0 Å². The van der Waals surface area contributed by atoms with Crippen LogP contribution in [0, 0.1) is 0 Å². The average molecular weight is 296 g/mol. The zero-order chi connectivity index (χ0) is 15.8. The van der Waals surface area contributed by atoms with Crippen molar-refractivity contribution in [3.63, 3.8) is 0 Å². The van der Waals surface area contributed by atoms with Crippen molar-refractivity contribution in [2.24, 2.45) is 0 Å². The van der Waals surface area contributed by atoms with Crippen LogP contribution in [0.15, 0.2) is 24.0 Å². The Bertz CT molecular complexity index is 306. The molecule has 0 aliphatic carbocycles. The quantitative estimate of drug-likeness (QED) is 0.243. The molecule has 0 amide bonds. The van der Waals surface area contributed by atoms with Crippen molar-refractivity contribution in [3.05, 3.63) is 24.0 Å². The Balaban J connectivity index is 3.37. The maximum atomic E-state index is 10.3. The Morgan fingerprint density at radius 3 is 2.24 bits per heavy atom. The number of unbranched alkanes of at least 4 members (excludes halogenated alkanes) is 8. The summed E-state index contributed by atoms with van der Waals surface area (Å²) >= 11 is 0. The van der Waals surface area contributed by atoms with E-state index >= 15 is 0 Å². The molecule has 0 fully saturated rings. The lowest BCUT2D eigenvalue weighted by atomic mass is 10.1. The smallest absolute Gasteiger partial charge is 0.303 e. The molecule has 122 valence electrons. The fourth-order valence-electron chi connectivity index (χ4n) is 2.14. The summed E-state index contributed by atoms with van der Waals surface area (Å²) in [6.07, 6.45) is 17.9. The van der Waals surface area contributed by atoms with E-state index in [0.717, 1.165) is 51.4 Å². The van der Waals surface area contributed by atoms with E-state index in [1.165, 1.54) is 12.8 Å². The third-order valence-corrected chi connectivity index (χ3v) is 3.44. The molecule has 0 radical (unpaired) electrons. The molecule has 21 heavy (non-hydrogen) atoms. The first-order chi connectivity index (χ1) is 10.2. The van der Waals surface area contributed by atoms with Crippen molar-refractivity contribution in [1.29, 1.82) is 0 Å². The number of hydrogen-bond donors (Lipinski definition) is 2. The molecule has 0 spiro atoms. The van der Waals surface area contributed by atoms with Crippen LogP contribution < -0.4 is 0 Å². The van der Waals surface area contributed by atoms with Gasteiger partial charge in [0.25, 0.3) is 0 Å². The topological polar surface area (TPSA) is 57.5 Å². The van der Waals surface area contributed by atoms with Crippen molar-refractivity contribution < 1.29 is 15.0 Å². The number of hydrogen-bond acceptors (Lipinski definition) is 2. The van der Waals surface area contributed by atoms with E-state index < -0.39 is 5.97 Å². The van der Waals surface area contributed by atoms with Gasteiger partial charge in [-0.1, -0.05) is 51.2 Å². The summed E-state index contributed by atoms with van der Waals surface area (Å²) < 4.78 is 0. The van der Waals surface area contributed by atoms with E-state index in [9.17, 15) is 9.90 Å². The summed E-state index contributed by atoms with van der Waals surface area (Å²) in [7, 11) is 0. The molecule has 0 bridgehead atoms. The summed E-state index contributed by atoms with van der Waals surface area (Å²) in [4.78, 5) is 10.3. The Kier molecular flexibility index (Phi) is 14.2. The number of allylic oxidation sites excluding steroid dienone is 3. The lowest BCUT2D eigenvalue weighted by molar-refractivity contribution is -0.137. The molecule has 0 unspecified atom stereocenters. The first kappa shape index (κ1) is 19.8. The van der Waals surface area contributed by atoms with Crippen LogP contribution >= 0.6 is 0 Å². The third kappa shape index (κ3) is 16.7.